The second-order valence-corrected chi connectivity index (χ2v) is 4.67. The molecule has 0 bridgehead atoms. The van der Waals surface area contributed by atoms with Crippen molar-refractivity contribution in [3.8, 4) is 0 Å². The van der Waals surface area contributed by atoms with E-state index in [1.807, 2.05) is 0 Å². The van der Waals surface area contributed by atoms with E-state index in [0.717, 1.165) is 5.56 Å². The minimum Gasteiger partial charge on any atom is -0.481 e. The maximum absolute atomic E-state index is 12.7. The SMILES string of the molecule is O=C(O)CC[C@H](O)/C=C/C=C/[C@H](O)Cc1ccc(F)cc1. The van der Waals surface area contributed by atoms with Gasteiger partial charge in [0.1, 0.15) is 5.82 Å². The molecule has 0 aliphatic carbocycles. The van der Waals surface area contributed by atoms with E-state index in [0.29, 0.717) is 6.42 Å². The van der Waals surface area contributed by atoms with Gasteiger partial charge in [0.15, 0.2) is 0 Å². The van der Waals surface area contributed by atoms with Crippen molar-refractivity contribution in [1.82, 2.24) is 0 Å². The lowest BCUT2D eigenvalue weighted by Crippen LogP contribution is -2.07. The number of halogens is 1. The van der Waals surface area contributed by atoms with Crippen LogP contribution < -0.4 is 0 Å². The Morgan fingerprint density at radius 2 is 1.67 bits per heavy atom. The molecule has 21 heavy (non-hydrogen) atoms. The number of benzene rings is 1. The molecule has 114 valence electrons. The first-order valence-electron chi connectivity index (χ1n) is 6.64. The van der Waals surface area contributed by atoms with Crippen molar-refractivity contribution >= 4 is 5.97 Å². The summed E-state index contributed by atoms with van der Waals surface area (Å²) in [6.07, 6.45) is 5.04. The molecular formula is C16H19FO4. The molecule has 0 radical (unpaired) electrons. The van der Waals surface area contributed by atoms with Gasteiger partial charge in [-0.05, 0) is 24.1 Å². The van der Waals surface area contributed by atoms with Crippen LogP contribution in [-0.4, -0.2) is 33.5 Å². The highest BCUT2D eigenvalue weighted by atomic mass is 19.1. The van der Waals surface area contributed by atoms with Crippen LogP contribution in [0.4, 0.5) is 4.39 Å². The third-order valence-electron chi connectivity index (χ3n) is 2.79. The van der Waals surface area contributed by atoms with E-state index in [4.69, 9.17) is 5.11 Å². The molecule has 0 heterocycles. The van der Waals surface area contributed by atoms with E-state index < -0.39 is 18.2 Å². The molecule has 0 amide bonds. The van der Waals surface area contributed by atoms with Gasteiger partial charge in [0, 0.05) is 12.8 Å². The number of aliphatic hydroxyl groups excluding tert-OH is 2. The molecular weight excluding hydrogens is 275 g/mol. The molecule has 5 heteroatoms. The highest BCUT2D eigenvalue weighted by Crippen LogP contribution is 2.06. The molecule has 0 spiro atoms. The van der Waals surface area contributed by atoms with Crippen LogP contribution in [0.1, 0.15) is 18.4 Å². The number of carboxylic acid groups (broad SMARTS) is 1. The van der Waals surface area contributed by atoms with Crippen molar-refractivity contribution < 1.29 is 24.5 Å². The second kappa shape index (κ2) is 9.05. The smallest absolute Gasteiger partial charge is 0.303 e. The fraction of sp³-hybridized carbons (Fsp3) is 0.312. The van der Waals surface area contributed by atoms with E-state index in [9.17, 15) is 19.4 Å². The van der Waals surface area contributed by atoms with Crippen LogP contribution in [0, 0.1) is 5.82 Å². The van der Waals surface area contributed by atoms with Crippen molar-refractivity contribution in [3.05, 3.63) is 60.0 Å². The molecule has 4 nitrogen and oxygen atoms in total. The second-order valence-electron chi connectivity index (χ2n) is 4.67. The Kier molecular flexibility index (Phi) is 7.36. The van der Waals surface area contributed by atoms with Gasteiger partial charge in [-0.25, -0.2) is 4.39 Å². The summed E-state index contributed by atoms with van der Waals surface area (Å²) in [6, 6.07) is 5.89. The summed E-state index contributed by atoms with van der Waals surface area (Å²) in [7, 11) is 0. The minimum absolute atomic E-state index is 0.0948. The van der Waals surface area contributed by atoms with Crippen LogP contribution in [0.2, 0.25) is 0 Å². The lowest BCUT2D eigenvalue weighted by atomic mass is 10.1. The largest absolute Gasteiger partial charge is 0.481 e. The number of rotatable bonds is 8. The van der Waals surface area contributed by atoms with Crippen LogP contribution in [0.15, 0.2) is 48.6 Å². The van der Waals surface area contributed by atoms with E-state index >= 15 is 0 Å². The lowest BCUT2D eigenvalue weighted by Gasteiger charge is -2.05. The summed E-state index contributed by atoms with van der Waals surface area (Å²) in [5, 5.41) is 27.7. The van der Waals surface area contributed by atoms with Gasteiger partial charge >= 0.3 is 5.97 Å². The van der Waals surface area contributed by atoms with Gasteiger partial charge in [0.25, 0.3) is 0 Å². The molecule has 0 fully saturated rings. The topological polar surface area (TPSA) is 77.8 Å². The number of carboxylic acids is 1. The predicted octanol–water partition coefficient (Wildman–Crippen LogP) is 2.07. The fourth-order valence-corrected chi connectivity index (χ4v) is 1.68. The summed E-state index contributed by atoms with van der Waals surface area (Å²) >= 11 is 0. The van der Waals surface area contributed by atoms with Crippen LogP contribution in [-0.2, 0) is 11.2 Å². The summed E-state index contributed by atoms with van der Waals surface area (Å²) in [5.41, 5.74) is 0.819. The van der Waals surface area contributed by atoms with Crippen molar-refractivity contribution in [2.45, 2.75) is 31.5 Å². The molecule has 0 aromatic heterocycles. The first-order chi connectivity index (χ1) is 9.97. The zero-order chi connectivity index (χ0) is 15.7. The van der Waals surface area contributed by atoms with Crippen molar-refractivity contribution in [2.75, 3.05) is 0 Å². The molecule has 1 aromatic carbocycles. The highest BCUT2D eigenvalue weighted by Gasteiger charge is 2.03. The average molecular weight is 294 g/mol. The molecule has 0 saturated heterocycles. The molecule has 0 saturated carbocycles. The highest BCUT2D eigenvalue weighted by molar-refractivity contribution is 5.66. The number of carbonyl (C=O) groups is 1. The van der Waals surface area contributed by atoms with Gasteiger partial charge in [0.2, 0.25) is 0 Å². The molecule has 0 aliphatic rings. The van der Waals surface area contributed by atoms with Crippen molar-refractivity contribution in [2.24, 2.45) is 0 Å². The average Bonchev–Trinajstić information content (AvgIpc) is 2.44. The third-order valence-corrected chi connectivity index (χ3v) is 2.79. The zero-order valence-corrected chi connectivity index (χ0v) is 11.5. The molecule has 3 N–H and O–H groups in total. The molecule has 1 aromatic rings. The van der Waals surface area contributed by atoms with E-state index in [2.05, 4.69) is 0 Å². The first-order valence-corrected chi connectivity index (χ1v) is 6.64. The molecule has 0 unspecified atom stereocenters. The molecule has 2 atom stereocenters. The van der Waals surface area contributed by atoms with Crippen LogP contribution in [0.25, 0.3) is 0 Å². The Morgan fingerprint density at radius 1 is 1.10 bits per heavy atom. The van der Waals surface area contributed by atoms with E-state index in [-0.39, 0.29) is 18.7 Å². The Morgan fingerprint density at radius 3 is 2.24 bits per heavy atom. The standard InChI is InChI=1S/C16H19FO4/c17-13-7-5-12(6-8-13)11-15(19)4-2-1-3-14(18)9-10-16(20)21/h1-8,14-15,18-19H,9-11H2,(H,20,21)/b3-1+,4-2+/t14-,15+/m1/s1. The Balaban J connectivity index is 2.34. The fourth-order valence-electron chi connectivity index (χ4n) is 1.68. The van der Waals surface area contributed by atoms with Gasteiger partial charge in [-0.1, -0.05) is 36.4 Å². The van der Waals surface area contributed by atoms with Gasteiger partial charge in [-0.15, -0.1) is 0 Å². The monoisotopic (exact) mass is 294 g/mol. The molecule has 0 aliphatic heterocycles. The number of aliphatic hydroxyl groups is 2. The summed E-state index contributed by atoms with van der Waals surface area (Å²) in [5.74, 6) is -1.27. The lowest BCUT2D eigenvalue weighted by molar-refractivity contribution is -0.137. The maximum Gasteiger partial charge on any atom is 0.303 e. The zero-order valence-electron chi connectivity index (χ0n) is 11.5. The third kappa shape index (κ3) is 8.02. The summed E-state index contributed by atoms with van der Waals surface area (Å²) < 4.78 is 12.7. The van der Waals surface area contributed by atoms with Gasteiger partial charge in [-0.3, -0.25) is 4.79 Å². The van der Waals surface area contributed by atoms with E-state index in [1.54, 1.807) is 30.4 Å². The quantitative estimate of drug-likeness (QED) is 0.641. The number of hydrogen-bond donors (Lipinski definition) is 3. The number of allylic oxidation sites excluding steroid dienone is 2. The van der Waals surface area contributed by atoms with Crippen LogP contribution in [0.3, 0.4) is 0 Å². The molecule has 1 rings (SSSR count). The Bertz CT molecular complexity index is 494. The summed E-state index contributed by atoms with van der Waals surface area (Å²) in [4.78, 5) is 10.3. The van der Waals surface area contributed by atoms with Crippen molar-refractivity contribution in [3.63, 3.8) is 0 Å². The number of aliphatic carboxylic acids is 1. The van der Waals surface area contributed by atoms with Crippen molar-refractivity contribution in [1.29, 1.82) is 0 Å². The number of hydrogen-bond acceptors (Lipinski definition) is 3. The van der Waals surface area contributed by atoms with Gasteiger partial charge in [-0.2, -0.15) is 0 Å². The predicted molar refractivity (Wildman–Crippen MR) is 77.3 cm³/mol. The normalized spacial score (nSPS) is 14.6. The van der Waals surface area contributed by atoms with E-state index in [1.165, 1.54) is 18.2 Å². The van der Waals surface area contributed by atoms with Gasteiger partial charge in [0.05, 0.1) is 12.2 Å². The Hall–Kier alpha value is -1.98. The minimum atomic E-state index is -0.951. The Labute approximate surface area is 122 Å². The van der Waals surface area contributed by atoms with Gasteiger partial charge < -0.3 is 15.3 Å². The maximum atomic E-state index is 12.7. The van der Waals surface area contributed by atoms with Crippen LogP contribution >= 0.6 is 0 Å². The summed E-state index contributed by atoms with van der Waals surface area (Å²) in [6.45, 7) is 0. The first kappa shape index (κ1) is 17.1. The van der Waals surface area contributed by atoms with Crippen LogP contribution in [0.5, 0.6) is 0 Å².